The Kier molecular flexibility index (Phi) is 15.9. The number of ether oxygens (including phenoxy) is 3. The first kappa shape index (κ1) is 40.4. The smallest absolute Gasteiger partial charge is 0.305 e. The standard InChI is InChI=1S/C34H44N4O13/c1-22(39)24-6-8-25(9-7-24)32(36-37-33(48)26-4-2-23(3-5-26)18-38-27(40)10-11-28(38)41)35-34(19-49-15-12-29(42)43,20-50-16-13-30(44)45)21-51-17-14-31(46)47/h6-11,23,26H,2-5,12-21H2,1H3,(H,35,36)(H,37,48)(H,42,43)(H,44,45)(H,46,47). The highest BCUT2D eigenvalue weighted by Gasteiger charge is 2.35. The SMILES string of the molecule is CC(=O)c1ccc(/C(=N\NC(=O)C2CCC(CN3C(=O)C=CC3=O)CC2)NC(COCCC(=O)O)(COCCC(=O)O)COCCC(=O)O)cc1. The number of carbonyl (C=O) groups is 7. The van der Waals surface area contributed by atoms with Crippen LogP contribution >= 0.6 is 0 Å². The molecule has 3 amide bonds. The quantitative estimate of drug-likeness (QED) is 0.0283. The van der Waals surface area contributed by atoms with E-state index in [4.69, 9.17) is 29.5 Å². The minimum Gasteiger partial charge on any atom is -0.481 e. The summed E-state index contributed by atoms with van der Waals surface area (Å²) in [4.78, 5) is 83.9. The van der Waals surface area contributed by atoms with Gasteiger partial charge in [-0.2, -0.15) is 5.10 Å². The number of imide groups is 1. The molecule has 1 aliphatic carbocycles. The first-order valence-corrected chi connectivity index (χ1v) is 16.5. The van der Waals surface area contributed by atoms with Crippen molar-refractivity contribution < 1.29 is 63.1 Å². The number of benzene rings is 1. The number of carboxylic acid groups (broad SMARTS) is 3. The predicted molar refractivity (Wildman–Crippen MR) is 178 cm³/mol. The average Bonchev–Trinajstić information content (AvgIpc) is 3.41. The summed E-state index contributed by atoms with van der Waals surface area (Å²) in [6.45, 7) is 0.260. The van der Waals surface area contributed by atoms with Gasteiger partial charge in [0.1, 0.15) is 5.54 Å². The predicted octanol–water partition coefficient (Wildman–Crippen LogP) is 1.20. The van der Waals surface area contributed by atoms with Gasteiger partial charge in [-0.1, -0.05) is 24.3 Å². The van der Waals surface area contributed by atoms with Crippen molar-refractivity contribution in [3.63, 3.8) is 0 Å². The number of carbonyl (C=O) groups excluding carboxylic acids is 4. The van der Waals surface area contributed by atoms with E-state index in [1.807, 2.05) is 0 Å². The van der Waals surface area contributed by atoms with E-state index in [0.29, 0.717) is 36.8 Å². The molecule has 1 heterocycles. The van der Waals surface area contributed by atoms with Gasteiger partial charge >= 0.3 is 17.9 Å². The molecule has 2 aliphatic rings. The Hall–Kier alpha value is -5.00. The maximum atomic E-state index is 13.4. The monoisotopic (exact) mass is 716 g/mol. The molecule has 1 fully saturated rings. The molecule has 17 heteroatoms. The fourth-order valence-corrected chi connectivity index (χ4v) is 5.47. The van der Waals surface area contributed by atoms with Gasteiger partial charge in [0.15, 0.2) is 11.6 Å². The second-order valence-electron chi connectivity index (χ2n) is 12.4. The molecule has 0 bridgehead atoms. The van der Waals surface area contributed by atoms with Crippen LogP contribution in [-0.4, -0.2) is 119 Å². The van der Waals surface area contributed by atoms with Crippen LogP contribution in [0.25, 0.3) is 0 Å². The Morgan fingerprint density at radius 3 is 1.65 bits per heavy atom. The van der Waals surface area contributed by atoms with Crippen molar-refractivity contribution in [2.75, 3.05) is 46.2 Å². The molecular weight excluding hydrogens is 672 g/mol. The second-order valence-corrected chi connectivity index (χ2v) is 12.4. The summed E-state index contributed by atoms with van der Waals surface area (Å²) >= 11 is 0. The first-order valence-electron chi connectivity index (χ1n) is 16.5. The third-order valence-corrected chi connectivity index (χ3v) is 8.30. The molecule has 0 radical (unpaired) electrons. The van der Waals surface area contributed by atoms with Crippen LogP contribution in [0.2, 0.25) is 0 Å². The van der Waals surface area contributed by atoms with Gasteiger partial charge in [0.2, 0.25) is 5.91 Å². The van der Waals surface area contributed by atoms with Crippen molar-refractivity contribution in [3.8, 4) is 0 Å². The fraction of sp³-hybridized carbons (Fsp3) is 0.529. The molecule has 0 unspecified atom stereocenters. The highest BCUT2D eigenvalue weighted by atomic mass is 16.5. The molecule has 0 spiro atoms. The zero-order chi connectivity index (χ0) is 37.4. The van der Waals surface area contributed by atoms with Crippen molar-refractivity contribution in [3.05, 3.63) is 47.5 Å². The Bertz CT molecular complexity index is 1410. The van der Waals surface area contributed by atoms with Crippen molar-refractivity contribution in [1.29, 1.82) is 0 Å². The largest absolute Gasteiger partial charge is 0.481 e. The number of aliphatic carboxylic acids is 3. The van der Waals surface area contributed by atoms with Gasteiger partial charge in [0.05, 0.1) is 58.9 Å². The zero-order valence-electron chi connectivity index (χ0n) is 28.3. The van der Waals surface area contributed by atoms with Crippen molar-refractivity contribution in [1.82, 2.24) is 15.6 Å². The van der Waals surface area contributed by atoms with Gasteiger partial charge < -0.3 is 34.8 Å². The number of carboxylic acids is 3. The Morgan fingerprint density at radius 1 is 0.765 bits per heavy atom. The summed E-state index contributed by atoms with van der Waals surface area (Å²) in [6, 6.07) is 6.28. The van der Waals surface area contributed by atoms with E-state index in [9.17, 15) is 33.6 Å². The average molecular weight is 717 g/mol. The summed E-state index contributed by atoms with van der Waals surface area (Å²) < 4.78 is 17.0. The third kappa shape index (κ3) is 13.7. The van der Waals surface area contributed by atoms with Crippen molar-refractivity contribution >= 4 is 47.2 Å². The van der Waals surface area contributed by atoms with Gasteiger partial charge in [-0.3, -0.25) is 38.5 Å². The lowest BCUT2D eigenvalue weighted by Gasteiger charge is -2.35. The number of hydrogen-bond donors (Lipinski definition) is 5. The topological polar surface area (TPSA) is 248 Å². The highest BCUT2D eigenvalue weighted by Crippen LogP contribution is 2.30. The molecular formula is C34H44N4O13. The minimum atomic E-state index is -1.41. The van der Waals surface area contributed by atoms with Crippen LogP contribution in [-0.2, 0) is 43.0 Å². The number of ketones is 1. The number of rotatable bonds is 22. The van der Waals surface area contributed by atoms with Gasteiger partial charge in [0, 0.05) is 35.7 Å². The molecule has 5 N–H and O–H groups in total. The van der Waals surface area contributed by atoms with Crippen molar-refractivity contribution in [2.24, 2.45) is 16.9 Å². The molecule has 1 aromatic rings. The molecule has 278 valence electrons. The van der Waals surface area contributed by atoms with E-state index in [0.717, 1.165) is 0 Å². The van der Waals surface area contributed by atoms with Gasteiger partial charge in [-0.15, -0.1) is 0 Å². The summed E-state index contributed by atoms with van der Waals surface area (Å²) in [7, 11) is 0. The maximum Gasteiger partial charge on any atom is 0.305 e. The molecule has 1 aliphatic heterocycles. The zero-order valence-corrected chi connectivity index (χ0v) is 28.3. The molecule has 1 saturated carbocycles. The Balaban J connectivity index is 1.85. The maximum absolute atomic E-state index is 13.4. The molecule has 17 nitrogen and oxygen atoms in total. The van der Waals surface area contributed by atoms with E-state index in [1.165, 1.54) is 24.0 Å². The Morgan fingerprint density at radius 2 is 1.22 bits per heavy atom. The van der Waals surface area contributed by atoms with E-state index < -0.39 is 29.4 Å². The summed E-state index contributed by atoms with van der Waals surface area (Å²) in [6.07, 6.45) is 3.67. The van der Waals surface area contributed by atoms with Gasteiger partial charge in [0.25, 0.3) is 11.8 Å². The van der Waals surface area contributed by atoms with Crippen LogP contribution in [0.4, 0.5) is 0 Å². The number of nitrogens with one attached hydrogen (secondary N) is 2. The van der Waals surface area contributed by atoms with Crippen LogP contribution in [0, 0.1) is 11.8 Å². The number of Topliss-reactive ketones (excluding diaryl/α,β-unsaturated/α-hetero) is 1. The third-order valence-electron chi connectivity index (χ3n) is 8.30. The first-order chi connectivity index (χ1) is 24.3. The molecule has 51 heavy (non-hydrogen) atoms. The van der Waals surface area contributed by atoms with Crippen LogP contribution < -0.4 is 10.7 Å². The number of hydrazone groups is 1. The summed E-state index contributed by atoms with van der Waals surface area (Å²) in [5, 5.41) is 34.9. The lowest BCUT2D eigenvalue weighted by atomic mass is 9.81. The van der Waals surface area contributed by atoms with E-state index in [2.05, 4.69) is 15.8 Å². The lowest BCUT2D eigenvalue weighted by molar-refractivity contribution is -0.140. The van der Waals surface area contributed by atoms with Crippen LogP contribution in [0.1, 0.15) is 67.8 Å². The second kappa shape index (κ2) is 20.0. The molecule has 3 rings (SSSR count). The molecule has 0 saturated heterocycles. The van der Waals surface area contributed by atoms with Gasteiger partial charge in [-0.25, -0.2) is 5.43 Å². The number of nitrogens with zero attached hydrogens (tertiary/aromatic N) is 2. The molecule has 1 aromatic carbocycles. The fourth-order valence-electron chi connectivity index (χ4n) is 5.47. The normalized spacial score (nSPS) is 17.7. The van der Waals surface area contributed by atoms with Crippen LogP contribution in [0.3, 0.4) is 0 Å². The number of amidine groups is 1. The number of amides is 3. The summed E-state index contributed by atoms with van der Waals surface area (Å²) in [5.41, 5.74) is 2.00. The summed E-state index contributed by atoms with van der Waals surface area (Å²) in [5.74, 6) is -4.91. The van der Waals surface area contributed by atoms with Gasteiger partial charge in [-0.05, 0) is 38.5 Å². The van der Waals surface area contributed by atoms with E-state index in [1.54, 1.807) is 24.3 Å². The van der Waals surface area contributed by atoms with E-state index >= 15 is 0 Å². The van der Waals surface area contributed by atoms with E-state index in [-0.39, 0.29) is 101 Å². The highest BCUT2D eigenvalue weighted by molar-refractivity contribution is 6.12. The van der Waals surface area contributed by atoms with Crippen LogP contribution in [0.15, 0.2) is 41.5 Å². The molecule has 0 aromatic heterocycles. The molecule has 0 atom stereocenters. The Labute approximate surface area is 294 Å². The number of hydrogen-bond acceptors (Lipinski definition) is 11. The minimum absolute atomic E-state index is 0.0476. The van der Waals surface area contributed by atoms with Crippen LogP contribution in [0.5, 0.6) is 0 Å². The lowest BCUT2D eigenvalue weighted by Crippen LogP contribution is -2.59. The van der Waals surface area contributed by atoms with Crippen molar-refractivity contribution in [2.45, 2.75) is 57.4 Å².